The van der Waals surface area contributed by atoms with Crippen molar-refractivity contribution in [3.63, 3.8) is 0 Å². The van der Waals surface area contributed by atoms with Gasteiger partial charge in [0, 0.05) is 11.3 Å². The van der Waals surface area contributed by atoms with Gasteiger partial charge >= 0.3 is 5.97 Å². The average Bonchev–Trinajstić information content (AvgIpc) is 2.16. The second-order valence-electron chi connectivity index (χ2n) is 2.67. The number of nitrogens with two attached hydrogens (primary N) is 1. The van der Waals surface area contributed by atoms with Crippen LogP contribution < -0.4 is 5.73 Å². The normalized spacial score (nSPS) is 9.79. The monoisotopic (exact) mass is 305 g/mol. The Morgan fingerprint density at radius 3 is 2.50 bits per heavy atom. The molecule has 0 aliphatic carbocycles. The summed E-state index contributed by atoms with van der Waals surface area (Å²) in [4.78, 5) is 22.1. The maximum Gasteiger partial charge on any atom is 0.336 e. The standard InChI is InChI=1S/C9H8INO3/c10-4-8(12)7-3-5(11)1-2-6(7)9(13)14/h1-3H,4,11H2,(H,13,14). The van der Waals surface area contributed by atoms with Crippen LogP contribution in [0.5, 0.6) is 0 Å². The Labute approximate surface area is 94.2 Å². The van der Waals surface area contributed by atoms with Crippen LogP contribution in [-0.4, -0.2) is 21.3 Å². The fraction of sp³-hybridized carbons (Fsp3) is 0.111. The zero-order valence-corrected chi connectivity index (χ0v) is 9.32. The van der Waals surface area contributed by atoms with Crippen LogP contribution in [0.2, 0.25) is 0 Å². The van der Waals surface area contributed by atoms with E-state index < -0.39 is 5.97 Å². The smallest absolute Gasteiger partial charge is 0.336 e. The zero-order valence-electron chi connectivity index (χ0n) is 7.16. The van der Waals surface area contributed by atoms with E-state index in [1.54, 1.807) is 0 Å². The summed E-state index contributed by atoms with van der Waals surface area (Å²) < 4.78 is 0.238. The molecule has 3 N–H and O–H groups in total. The van der Waals surface area contributed by atoms with E-state index in [2.05, 4.69) is 0 Å². The fourth-order valence-electron chi connectivity index (χ4n) is 1.05. The highest BCUT2D eigenvalue weighted by Crippen LogP contribution is 2.15. The third-order valence-corrected chi connectivity index (χ3v) is 2.39. The van der Waals surface area contributed by atoms with Gasteiger partial charge in [0.15, 0.2) is 5.78 Å². The van der Waals surface area contributed by atoms with Crippen LogP contribution >= 0.6 is 22.6 Å². The average molecular weight is 305 g/mol. The lowest BCUT2D eigenvalue weighted by Gasteiger charge is -2.03. The lowest BCUT2D eigenvalue weighted by Crippen LogP contribution is -2.10. The van der Waals surface area contributed by atoms with E-state index in [0.29, 0.717) is 5.69 Å². The van der Waals surface area contributed by atoms with Gasteiger partial charge < -0.3 is 10.8 Å². The lowest BCUT2D eigenvalue weighted by molar-refractivity contribution is 0.0692. The molecule has 0 saturated heterocycles. The molecule has 1 aromatic carbocycles. The van der Waals surface area contributed by atoms with Gasteiger partial charge in [-0.3, -0.25) is 4.79 Å². The number of aromatic carboxylic acids is 1. The maximum absolute atomic E-state index is 11.4. The topological polar surface area (TPSA) is 80.4 Å². The van der Waals surface area contributed by atoms with Crippen molar-refractivity contribution in [2.75, 3.05) is 10.2 Å². The van der Waals surface area contributed by atoms with Gasteiger partial charge in [0.25, 0.3) is 0 Å². The van der Waals surface area contributed by atoms with E-state index in [4.69, 9.17) is 10.8 Å². The lowest BCUT2D eigenvalue weighted by atomic mass is 10.0. The first-order valence-corrected chi connectivity index (χ1v) is 5.30. The molecule has 0 saturated carbocycles. The van der Waals surface area contributed by atoms with Gasteiger partial charge in [0.2, 0.25) is 0 Å². The molecule has 74 valence electrons. The Balaban J connectivity index is 3.29. The molecule has 0 radical (unpaired) electrons. The first-order valence-electron chi connectivity index (χ1n) is 3.78. The van der Waals surface area contributed by atoms with Crippen molar-refractivity contribution in [1.29, 1.82) is 0 Å². The van der Waals surface area contributed by atoms with E-state index >= 15 is 0 Å². The number of nitrogen functional groups attached to an aromatic ring is 1. The fourth-order valence-corrected chi connectivity index (χ4v) is 1.46. The zero-order chi connectivity index (χ0) is 10.7. The number of alkyl halides is 1. The molecule has 14 heavy (non-hydrogen) atoms. The van der Waals surface area contributed by atoms with Crippen molar-refractivity contribution in [3.8, 4) is 0 Å². The number of ketones is 1. The first kappa shape index (κ1) is 11.0. The van der Waals surface area contributed by atoms with Gasteiger partial charge in [-0.2, -0.15) is 0 Å². The number of carboxylic acid groups (broad SMARTS) is 1. The first-order chi connectivity index (χ1) is 6.56. The molecule has 0 amide bonds. The summed E-state index contributed by atoms with van der Waals surface area (Å²) in [6.07, 6.45) is 0. The molecular formula is C9H8INO3. The molecule has 0 heterocycles. The molecule has 0 aliphatic heterocycles. The second-order valence-corrected chi connectivity index (χ2v) is 3.43. The Morgan fingerprint density at radius 2 is 2.00 bits per heavy atom. The number of hydrogen-bond donors (Lipinski definition) is 2. The van der Waals surface area contributed by atoms with Crippen LogP contribution in [0.1, 0.15) is 20.7 Å². The van der Waals surface area contributed by atoms with E-state index in [9.17, 15) is 9.59 Å². The molecule has 1 rings (SSSR count). The summed E-state index contributed by atoms with van der Waals surface area (Å²) in [6, 6.07) is 4.20. The number of carbonyl (C=O) groups excluding carboxylic acids is 1. The number of anilines is 1. The van der Waals surface area contributed by atoms with Crippen LogP contribution in [0.15, 0.2) is 18.2 Å². The maximum atomic E-state index is 11.4. The van der Waals surface area contributed by atoms with Crippen molar-refractivity contribution < 1.29 is 14.7 Å². The summed E-state index contributed by atoms with van der Waals surface area (Å²) in [5, 5.41) is 8.81. The molecule has 4 nitrogen and oxygen atoms in total. The quantitative estimate of drug-likeness (QED) is 0.384. The van der Waals surface area contributed by atoms with Crippen molar-refractivity contribution >= 4 is 40.0 Å². The largest absolute Gasteiger partial charge is 0.478 e. The minimum Gasteiger partial charge on any atom is -0.478 e. The molecule has 0 bridgehead atoms. The highest BCUT2D eigenvalue weighted by atomic mass is 127. The highest BCUT2D eigenvalue weighted by Gasteiger charge is 2.15. The summed E-state index contributed by atoms with van der Waals surface area (Å²) >= 11 is 1.89. The summed E-state index contributed by atoms with van der Waals surface area (Å²) in [6.45, 7) is 0. The van der Waals surface area contributed by atoms with E-state index in [-0.39, 0.29) is 21.3 Å². The van der Waals surface area contributed by atoms with Crippen LogP contribution in [0.25, 0.3) is 0 Å². The van der Waals surface area contributed by atoms with Gasteiger partial charge in [0.05, 0.1) is 9.99 Å². The SMILES string of the molecule is Nc1ccc(C(=O)O)c(C(=O)CI)c1. The van der Waals surface area contributed by atoms with Crippen molar-refractivity contribution in [2.45, 2.75) is 0 Å². The van der Waals surface area contributed by atoms with Crippen LogP contribution in [0, 0.1) is 0 Å². The third-order valence-electron chi connectivity index (χ3n) is 1.70. The molecule has 0 fully saturated rings. The van der Waals surface area contributed by atoms with Gasteiger partial charge in [-0.15, -0.1) is 0 Å². The van der Waals surface area contributed by atoms with E-state index in [1.165, 1.54) is 18.2 Å². The Kier molecular flexibility index (Phi) is 3.45. The molecule has 0 aromatic heterocycles. The Morgan fingerprint density at radius 1 is 1.36 bits per heavy atom. The number of rotatable bonds is 3. The van der Waals surface area contributed by atoms with E-state index in [1.807, 2.05) is 22.6 Å². The van der Waals surface area contributed by atoms with Crippen LogP contribution in [-0.2, 0) is 0 Å². The number of benzene rings is 1. The van der Waals surface area contributed by atoms with Crippen molar-refractivity contribution in [2.24, 2.45) is 0 Å². The summed E-state index contributed by atoms with van der Waals surface area (Å²) in [7, 11) is 0. The van der Waals surface area contributed by atoms with Crippen molar-refractivity contribution in [1.82, 2.24) is 0 Å². The number of carboxylic acids is 1. The summed E-state index contributed by atoms with van der Waals surface area (Å²) in [5.74, 6) is -1.34. The number of hydrogen-bond acceptors (Lipinski definition) is 3. The van der Waals surface area contributed by atoms with Crippen molar-refractivity contribution in [3.05, 3.63) is 29.3 Å². The second kappa shape index (κ2) is 4.41. The molecular weight excluding hydrogens is 297 g/mol. The minimum absolute atomic E-state index is 0.000802. The Bertz CT molecular complexity index is 390. The third kappa shape index (κ3) is 2.22. The molecule has 5 heteroatoms. The Hall–Kier alpha value is -1.11. The molecule has 1 aromatic rings. The molecule has 0 spiro atoms. The van der Waals surface area contributed by atoms with Gasteiger partial charge in [-0.1, -0.05) is 22.6 Å². The van der Waals surface area contributed by atoms with Crippen LogP contribution in [0.4, 0.5) is 5.69 Å². The number of halogens is 1. The predicted molar refractivity (Wildman–Crippen MR) is 61.0 cm³/mol. The highest BCUT2D eigenvalue weighted by molar-refractivity contribution is 14.1. The van der Waals surface area contributed by atoms with Gasteiger partial charge in [-0.05, 0) is 18.2 Å². The van der Waals surface area contributed by atoms with Gasteiger partial charge in [0.1, 0.15) is 0 Å². The molecule has 0 aliphatic rings. The van der Waals surface area contributed by atoms with Crippen LogP contribution in [0.3, 0.4) is 0 Å². The number of Topliss-reactive ketones (excluding diaryl/α,β-unsaturated/α-hetero) is 1. The number of carbonyl (C=O) groups is 2. The minimum atomic E-state index is -1.11. The molecule has 0 atom stereocenters. The predicted octanol–water partition coefficient (Wildman–Crippen LogP) is 1.58. The molecule has 0 unspecified atom stereocenters. The van der Waals surface area contributed by atoms with E-state index in [0.717, 1.165) is 0 Å². The van der Waals surface area contributed by atoms with Gasteiger partial charge in [-0.25, -0.2) is 4.79 Å². The summed E-state index contributed by atoms with van der Waals surface area (Å²) in [5.41, 5.74) is 6.04.